The van der Waals surface area contributed by atoms with E-state index in [0.29, 0.717) is 23.1 Å². The minimum atomic E-state index is -3.29. The van der Waals surface area contributed by atoms with Crippen molar-refractivity contribution in [2.45, 2.75) is 23.8 Å². The number of nitrogens with one attached hydrogen (secondary N) is 1. The Balaban J connectivity index is 1.54. The first-order chi connectivity index (χ1) is 12.9. The van der Waals surface area contributed by atoms with Crippen LogP contribution in [0.5, 0.6) is 0 Å². The first-order valence-corrected chi connectivity index (χ1v) is 10.3. The molecule has 0 spiro atoms. The van der Waals surface area contributed by atoms with Crippen molar-refractivity contribution in [2.24, 2.45) is 0 Å². The molecule has 9 heteroatoms. The Kier molecular flexibility index (Phi) is 4.23. The van der Waals surface area contributed by atoms with E-state index in [1.807, 2.05) is 22.9 Å². The molecule has 0 aliphatic heterocycles. The van der Waals surface area contributed by atoms with Crippen LogP contribution in [0.1, 0.15) is 29.2 Å². The van der Waals surface area contributed by atoms with Crippen LogP contribution in [0, 0.1) is 0 Å². The summed E-state index contributed by atoms with van der Waals surface area (Å²) >= 11 is 0. The van der Waals surface area contributed by atoms with Crippen LogP contribution >= 0.6 is 0 Å². The van der Waals surface area contributed by atoms with Gasteiger partial charge >= 0.3 is 0 Å². The average molecular weight is 383 g/mol. The van der Waals surface area contributed by atoms with E-state index in [2.05, 4.69) is 20.8 Å². The van der Waals surface area contributed by atoms with Gasteiger partial charge in [0.15, 0.2) is 15.7 Å². The van der Waals surface area contributed by atoms with Gasteiger partial charge in [0.05, 0.1) is 10.9 Å². The number of benzene rings is 2. The van der Waals surface area contributed by atoms with Gasteiger partial charge in [-0.1, -0.05) is 12.1 Å². The molecule has 1 N–H and O–H groups in total. The van der Waals surface area contributed by atoms with Crippen molar-refractivity contribution in [3.8, 4) is 11.4 Å². The predicted molar refractivity (Wildman–Crippen MR) is 99.0 cm³/mol. The molecule has 1 heterocycles. The molecule has 1 fully saturated rings. The molecule has 4 rings (SSSR count). The van der Waals surface area contributed by atoms with Crippen LogP contribution in [0.2, 0.25) is 0 Å². The third kappa shape index (κ3) is 3.72. The Morgan fingerprint density at radius 2 is 1.89 bits per heavy atom. The number of hydrogen-bond acceptors (Lipinski definition) is 6. The lowest BCUT2D eigenvalue weighted by Gasteiger charge is -2.08. The fraction of sp³-hybridized carbons (Fsp3) is 0.222. The predicted octanol–water partition coefficient (Wildman–Crippen LogP) is 2.33. The molecule has 1 saturated carbocycles. The van der Waals surface area contributed by atoms with E-state index < -0.39 is 9.84 Å². The summed E-state index contributed by atoms with van der Waals surface area (Å²) in [6.07, 6.45) is 3.26. The van der Waals surface area contributed by atoms with Crippen molar-refractivity contribution in [3.05, 3.63) is 54.1 Å². The first-order valence-electron chi connectivity index (χ1n) is 8.41. The van der Waals surface area contributed by atoms with Crippen LogP contribution in [-0.2, 0) is 9.84 Å². The van der Waals surface area contributed by atoms with Gasteiger partial charge in [0.1, 0.15) is 0 Å². The number of anilines is 1. The second kappa shape index (κ2) is 6.58. The number of aromatic nitrogens is 4. The molecular weight excluding hydrogens is 366 g/mol. The third-order valence-electron chi connectivity index (χ3n) is 4.31. The zero-order valence-corrected chi connectivity index (χ0v) is 15.3. The van der Waals surface area contributed by atoms with Gasteiger partial charge in [-0.15, -0.1) is 5.10 Å². The van der Waals surface area contributed by atoms with Crippen molar-refractivity contribution in [1.29, 1.82) is 0 Å². The summed E-state index contributed by atoms with van der Waals surface area (Å²) in [4.78, 5) is 12.6. The number of tetrazole rings is 1. The average Bonchev–Trinajstić information content (AvgIpc) is 3.38. The normalized spacial score (nSPS) is 14.1. The van der Waals surface area contributed by atoms with Gasteiger partial charge < -0.3 is 5.32 Å². The molecule has 1 aromatic heterocycles. The molecule has 0 atom stereocenters. The summed E-state index contributed by atoms with van der Waals surface area (Å²) in [5, 5.41) is 14.7. The fourth-order valence-electron chi connectivity index (χ4n) is 2.74. The van der Waals surface area contributed by atoms with Gasteiger partial charge in [-0.3, -0.25) is 4.79 Å². The molecule has 0 radical (unpaired) electrons. The van der Waals surface area contributed by atoms with E-state index >= 15 is 0 Å². The highest BCUT2D eigenvalue weighted by Crippen LogP contribution is 2.36. The molecule has 1 aliphatic carbocycles. The summed E-state index contributed by atoms with van der Waals surface area (Å²) in [6, 6.07) is 13.5. The number of sulfone groups is 1. The fourth-order valence-corrected chi connectivity index (χ4v) is 3.37. The number of carbonyl (C=O) groups excluding carboxylic acids is 1. The molecule has 0 saturated heterocycles. The van der Waals surface area contributed by atoms with Gasteiger partial charge in [0, 0.05) is 23.1 Å². The SMILES string of the molecule is CS(=O)(=O)c1ccc(C(=O)Nc2cccc(-c3nnnn3C3CC3)c2)cc1. The third-order valence-corrected chi connectivity index (χ3v) is 5.44. The number of amides is 1. The monoisotopic (exact) mass is 383 g/mol. The molecule has 8 nitrogen and oxygen atoms in total. The Labute approximate surface area is 156 Å². The van der Waals surface area contributed by atoms with Gasteiger partial charge in [-0.05, 0) is 59.7 Å². The van der Waals surface area contributed by atoms with Crippen molar-refractivity contribution in [3.63, 3.8) is 0 Å². The quantitative estimate of drug-likeness (QED) is 0.725. The van der Waals surface area contributed by atoms with E-state index in [4.69, 9.17) is 0 Å². The highest BCUT2D eigenvalue weighted by atomic mass is 32.2. The maximum atomic E-state index is 12.5. The number of carbonyl (C=O) groups is 1. The van der Waals surface area contributed by atoms with Gasteiger partial charge in [0.2, 0.25) is 0 Å². The molecule has 0 bridgehead atoms. The van der Waals surface area contributed by atoms with Crippen molar-refractivity contribution in [1.82, 2.24) is 20.2 Å². The topological polar surface area (TPSA) is 107 Å². The lowest BCUT2D eigenvalue weighted by molar-refractivity contribution is 0.102. The summed E-state index contributed by atoms with van der Waals surface area (Å²) in [6.45, 7) is 0. The van der Waals surface area contributed by atoms with Gasteiger partial charge in [-0.2, -0.15) is 0 Å². The van der Waals surface area contributed by atoms with E-state index in [-0.39, 0.29) is 10.8 Å². The smallest absolute Gasteiger partial charge is 0.255 e. The maximum Gasteiger partial charge on any atom is 0.255 e. The largest absolute Gasteiger partial charge is 0.322 e. The summed E-state index contributed by atoms with van der Waals surface area (Å²) < 4.78 is 24.8. The minimum Gasteiger partial charge on any atom is -0.322 e. The van der Waals surface area contributed by atoms with Crippen LogP contribution in [0.4, 0.5) is 5.69 Å². The van der Waals surface area contributed by atoms with Crippen LogP contribution < -0.4 is 5.32 Å². The zero-order valence-electron chi connectivity index (χ0n) is 14.5. The lowest BCUT2D eigenvalue weighted by atomic mass is 10.1. The van der Waals surface area contributed by atoms with E-state index in [9.17, 15) is 13.2 Å². The molecule has 1 amide bonds. The van der Waals surface area contributed by atoms with Crippen molar-refractivity contribution >= 4 is 21.4 Å². The van der Waals surface area contributed by atoms with Crippen molar-refractivity contribution < 1.29 is 13.2 Å². The van der Waals surface area contributed by atoms with Crippen LogP contribution in [0.25, 0.3) is 11.4 Å². The number of rotatable bonds is 5. The van der Waals surface area contributed by atoms with Gasteiger partial charge in [0.25, 0.3) is 5.91 Å². The molecule has 138 valence electrons. The van der Waals surface area contributed by atoms with Crippen molar-refractivity contribution in [2.75, 3.05) is 11.6 Å². The molecule has 27 heavy (non-hydrogen) atoms. The van der Waals surface area contributed by atoms with Crippen LogP contribution in [0.3, 0.4) is 0 Å². The molecular formula is C18H17N5O3S. The molecule has 3 aromatic rings. The molecule has 2 aromatic carbocycles. The highest BCUT2D eigenvalue weighted by Gasteiger charge is 2.28. The summed E-state index contributed by atoms with van der Waals surface area (Å²) in [5.41, 5.74) is 1.79. The van der Waals surface area contributed by atoms with E-state index in [0.717, 1.165) is 24.7 Å². The highest BCUT2D eigenvalue weighted by molar-refractivity contribution is 7.90. The molecule has 0 unspecified atom stereocenters. The zero-order chi connectivity index (χ0) is 19.0. The minimum absolute atomic E-state index is 0.174. The second-order valence-corrected chi connectivity index (χ2v) is 8.53. The van der Waals surface area contributed by atoms with Crippen LogP contribution in [-0.4, -0.2) is 40.8 Å². The maximum absolute atomic E-state index is 12.5. The number of nitrogens with zero attached hydrogens (tertiary/aromatic N) is 4. The lowest BCUT2D eigenvalue weighted by Crippen LogP contribution is -2.12. The van der Waals surface area contributed by atoms with Gasteiger partial charge in [-0.25, -0.2) is 13.1 Å². The van der Waals surface area contributed by atoms with Crippen LogP contribution in [0.15, 0.2) is 53.4 Å². The Hall–Kier alpha value is -3.07. The Bertz CT molecular complexity index is 1100. The number of hydrogen-bond donors (Lipinski definition) is 1. The van der Waals surface area contributed by atoms with E-state index in [1.54, 1.807) is 6.07 Å². The first kappa shape index (κ1) is 17.3. The second-order valence-electron chi connectivity index (χ2n) is 6.51. The molecule has 1 aliphatic rings. The van der Waals surface area contributed by atoms with E-state index in [1.165, 1.54) is 24.3 Å². The summed E-state index contributed by atoms with van der Waals surface area (Å²) in [7, 11) is -3.29. The Morgan fingerprint density at radius 1 is 1.15 bits per heavy atom. The standard InChI is InChI=1S/C18H17N5O3S/c1-27(25,26)16-9-5-12(6-10-16)18(24)19-14-4-2-3-13(11-14)17-20-21-22-23(17)15-7-8-15/h2-6,9-11,15H,7-8H2,1H3,(H,19,24). The Morgan fingerprint density at radius 3 is 2.56 bits per heavy atom. The summed E-state index contributed by atoms with van der Waals surface area (Å²) in [5.74, 6) is 0.347.